The van der Waals surface area contributed by atoms with Crippen molar-refractivity contribution < 1.29 is 14.3 Å². The number of nitrogens with one attached hydrogen (secondary N) is 3. The number of likely N-dealkylation sites (N-methyl/N-ethyl adjacent to an activating group) is 2. The van der Waals surface area contributed by atoms with E-state index >= 15 is 0 Å². The first-order valence-electron chi connectivity index (χ1n) is 14.0. The number of nitriles is 1. The van der Waals surface area contributed by atoms with E-state index in [0.29, 0.717) is 42.6 Å². The molecule has 0 radical (unpaired) electrons. The van der Waals surface area contributed by atoms with Crippen molar-refractivity contribution in [2.75, 3.05) is 65.1 Å². The van der Waals surface area contributed by atoms with Crippen molar-refractivity contribution in [2.24, 2.45) is 5.92 Å². The zero-order chi connectivity index (χ0) is 30.3. The molecule has 1 heterocycles. The van der Waals surface area contributed by atoms with Crippen LogP contribution in [0, 0.1) is 29.1 Å². The van der Waals surface area contributed by atoms with Crippen molar-refractivity contribution in [3.05, 3.63) is 53.7 Å². The van der Waals surface area contributed by atoms with E-state index in [9.17, 15) is 9.59 Å². The van der Waals surface area contributed by atoms with Crippen LogP contribution in [0.2, 0.25) is 0 Å². The smallest absolute Gasteiger partial charge is 0.246 e. The molecule has 1 saturated carbocycles. The number of hydrogen-bond donors (Lipinski definition) is 3. The van der Waals surface area contributed by atoms with Gasteiger partial charge in [-0.15, -0.1) is 0 Å². The number of methoxy groups -OCH3 is 1. The molecule has 42 heavy (non-hydrogen) atoms. The molecular formula is C31H40N8O3. The number of nitrogens with zero attached hydrogens (tertiary/aromatic N) is 5. The average molecular weight is 573 g/mol. The average Bonchev–Trinajstić information content (AvgIpc) is 2.97. The fourth-order valence-electron chi connectivity index (χ4n) is 4.39. The Balaban J connectivity index is 1.61. The number of anilines is 3. The van der Waals surface area contributed by atoms with E-state index < -0.39 is 0 Å². The number of ether oxygens (including phenoxy) is 1. The summed E-state index contributed by atoms with van der Waals surface area (Å²) in [5, 5.41) is 18.5. The second kappa shape index (κ2) is 16.7. The Morgan fingerprint density at radius 2 is 1.98 bits per heavy atom. The first kappa shape index (κ1) is 32.1. The van der Waals surface area contributed by atoms with E-state index in [4.69, 9.17) is 10.00 Å². The number of rotatable bonds is 12. The SMILES string of the molecule is COCCNc1nc(Nc2ccc(C#N)cc2)ncc1C#C[C@@H]1CCC[C@H](NC(=O)CN(C)C(=O)/C=C/CN(C)C)C1. The summed E-state index contributed by atoms with van der Waals surface area (Å²) in [5.74, 6) is 7.35. The highest BCUT2D eigenvalue weighted by Gasteiger charge is 2.23. The molecule has 1 fully saturated rings. The van der Waals surface area contributed by atoms with Gasteiger partial charge in [0, 0.05) is 51.0 Å². The summed E-state index contributed by atoms with van der Waals surface area (Å²) < 4.78 is 5.17. The van der Waals surface area contributed by atoms with Crippen LogP contribution in [-0.2, 0) is 14.3 Å². The predicted octanol–water partition coefficient (Wildman–Crippen LogP) is 2.75. The van der Waals surface area contributed by atoms with Crippen LogP contribution in [-0.4, -0.2) is 92.1 Å². The Morgan fingerprint density at radius 3 is 2.69 bits per heavy atom. The van der Waals surface area contributed by atoms with Crippen molar-refractivity contribution in [3.63, 3.8) is 0 Å². The molecule has 3 N–H and O–H groups in total. The highest BCUT2D eigenvalue weighted by molar-refractivity contribution is 5.91. The summed E-state index contributed by atoms with van der Waals surface area (Å²) in [6.07, 6.45) is 8.48. The maximum absolute atomic E-state index is 12.6. The maximum Gasteiger partial charge on any atom is 0.246 e. The summed E-state index contributed by atoms with van der Waals surface area (Å²) >= 11 is 0. The lowest BCUT2D eigenvalue weighted by molar-refractivity contribution is -0.131. The fraction of sp³-hybridized carbons (Fsp3) is 0.452. The number of aromatic nitrogens is 2. The summed E-state index contributed by atoms with van der Waals surface area (Å²) in [5.41, 5.74) is 2.01. The van der Waals surface area contributed by atoms with Gasteiger partial charge in [-0.05, 0) is 57.6 Å². The minimum absolute atomic E-state index is 0.00730. The maximum atomic E-state index is 12.6. The zero-order valence-corrected chi connectivity index (χ0v) is 24.8. The molecular weight excluding hydrogens is 532 g/mol. The highest BCUT2D eigenvalue weighted by atomic mass is 16.5. The minimum Gasteiger partial charge on any atom is -0.383 e. The molecule has 11 heteroatoms. The van der Waals surface area contributed by atoms with E-state index in [2.05, 4.69) is 43.8 Å². The van der Waals surface area contributed by atoms with Crippen LogP contribution < -0.4 is 16.0 Å². The van der Waals surface area contributed by atoms with E-state index in [1.165, 1.54) is 11.0 Å². The van der Waals surface area contributed by atoms with Crippen molar-refractivity contribution in [2.45, 2.75) is 31.7 Å². The van der Waals surface area contributed by atoms with Crippen LogP contribution in [0.25, 0.3) is 0 Å². The first-order valence-corrected chi connectivity index (χ1v) is 14.0. The second-order valence-electron chi connectivity index (χ2n) is 10.4. The van der Waals surface area contributed by atoms with Gasteiger partial charge in [-0.2, -0.15) is 10.2 Å². The van der Waals surface area contributed by atoms with Gasteiger partial charge in [-0.1, -0.05) is 24.3 Å². The first-order chi connectivity index (χ1) is 20.3. The summed E-state index contributed by atoms with van der Waals surface area (Å²) in [6.45, 7) is 1.73. The molecule has 0 bridgehead atoms. The Morgan fingerprint density at radius 1 is 1.19 bits per heavy atom. The van der Waals surface area contributed by atoms with Gasteiger partial charge in [0.2, 0.25) is 17.8 Å². The Labute approximate surface area is 248 Å². The number of carbonyl (C=O) groups excluding carboxylic acids is 2. The van der Waals surface area contributed by atoms with Gasteiger partial charge in [0.15, 0.2) is 0 Å². The van der Waals surface area contributed by atoms with Crippen molar-refractivity contribution in [3.8, 4) is 17.9 Å². The molecule has 2 atom stereocenters. The zero-order valence-electron chi connectivity index (χ0n) is 24.8. The molecule has 1 aliphatic carbocycles. The predicted molar refractivity (Wildman–Crippen MR) is 163 cm³/mol. The molecule has 1 aromatic carbocycles. The number of benzene rings is 1. The molecule has 0 saturated heterocycles. The Hall–Kier alpha value is -4.45. The van der Waals surface area contributed by atoms with Crippen LogP contribution in [0.15, 0.2) is 42.6 Å². The largest absolute Gasteiger partial charge is 0.383 e. The molecule has 2 amide bonds. The van der Waals surface area contributed by atoms with Crippen LogP contribution in [0.4, 0.5) is 17.5 Å². The van der Waals surface area contributed by atoms with Gasteiger partial charge in [0.1, 0.15) is 5.82 Å². The standard InChI is InChI=1S/C31H40N8O3/c1-38(2)17-6-9-29(41)39(3)22-28(40)35-27-8-5-7-23(19-27)10-13-25-21-34-31(37-30(25)33-16-18-42-4)36-26-14-11-24(20-32)12-15-26/h6,9,11-12,14-15,21,23,27H,5,7-8,16-19,22H2,1-4H3,(H,35,40)(H2,33,34,36,37)/b9-6+/t23-,27-/m0/s1. The topological polar surface area (TPSA) is 136 Å². The van der Waals surface area contributed by atoms with Gasteiger partial charge >= 0.3 is 0 Å². The number of amides is 2. The molecule has 11 nitrogen and oxygen atoms in total. The normalized spacial score (nSPS) is 16.3. The summed E-state index contributed by atoms with van der Waals surface area (Å²) in [7, 11) is 7.11. The van der Waals surface area contributed by atoms with Crippen LogP contribution in [0.5, 0.6) is 0 Å². The monoisotopic (exact) mass is 572 g/mol. The van der Waals surface area contributed by atoms with Gasteiger partial charge in [0.25, 0.3) is 0 Å². The molecule has 222 valence electrons. The van der Waals surface area contributed by atoms with E-state index in [0.717, 1.165) is 31.4 Å². The van der Waals surface area contributed by atoms with Crippen molar-refractivity contribution in [1.82, 2.24) is 25.1 Å². The Bertz CT molecular complexity index is 1320. The van der Waals surface area contributed by atoms with E-state index in [-0.39, 0.29) is 30.3 Å². The highest BCUT2D eigenvalue weighted by Crippen LogP contribution is 2.24. The quantitative estimate of drug-likeness (QED) is 0.199. The number of carbonyl (C=O) groups is 2. The number of hydrogen-bond acceptors (Lipinski definition) is 9. The lowest BCUT2D eigenvalue weighted by atomic mass is 9.86. The molecule has 0 aliphatic heterocycles. The molecule has 3 rings (SSSR count). The van der Waals surface area contributed by atoms with Crippen molar-refractivity contribution >= 4 is 29.3 Å². The van der Waals surface area contributed by atoms with Crippen molar-refractivity contribution in [1.29, 1.82) is 5.26 Å². The Kier molecular flexibility index (Phi) is 12.8. The van der Waals surface area contributed by atoms with Crippen LogP contribution >= 0.6 is 0 Å². The van der Waals surface area contributed by atoms with Gasteiger partial charge in [0.05, 0.1) is 36.5 Å². The molecule has 1 aromatic heterocycles. The molecule has 1 aliphatic rings. The van der Waals surface area contributed by atoms with Gasteiger partial charge in [-0.3, -0.25) is 9.59 Å². The van der Waals surface area contributed by atoms with E-state index in [1.54, 1.807) is 50.7 Å². The van der Waals surface area contributed by atoms with Gasteiger partial charge in [-0.25, -0.2) is 4.98 Å². The fourth-order valence-corrected chi connectivity index (χ4v) is 4.39. The van der Waals surface area contributed by atoms with E-state index in [1.807, 2.05) is 19.0 Å². The third-order valence-electron chi connectivity index (χ3n) is 6.60. The van der Waals surface area contributed by atoms with Crippen LogP contribution in [0.1, 0.15) is 36.8 Å². The third kappa shape index (κ3) is 10.8. The summed E-state index contributed by atoms with van der Waals surface area (Å²) in [4.78, 5) is 37.3. The molecule has 0 spiro atoms. The molecule has 2 aromatic rings. The lowest BCUT2D eigenvalue weighted by Gasteiger charge is -2.27. The second-order valence-corrected chi connectivity index (χ2v) is 10.4. The van der Waals surface area contributed by atoms with Gasteiger partial charge < -0.3 is 30.5 Å². The third-order valence-corrected chi connectivity index (χ3v) is 6.60. The summed E-state index contributed by atoms with van der Waals surface area (Å²) in [6, 6.07) is 9.15. The molecule has 0 unspecified atom stereocenters. The van der Waals surface area contributed by atoms with Crippen LogP contribution in [0.3, 0.4) is 0 Å². The lowest BCUT2D eigenvalue weighted by Crippen LogP contribution is -2.44. The minimum atomic E-state index is -0.199.